The number of carbonyl (C=O) groups is 2. The van der Waals surface area contributed by atoms with Gasteiger partial charge in [-0.2, -0.15) is 0 Å². The average molecular weight is 452 g/mol. The highest BCUT2D eigenvalue weighted by molar-refractivity contribution is 6.30. The van der Waals surface area contributed by atoms with E-state index in [2.05, 4.69) is 4.98 Å². The van der Waals surface area contributed by atoms with Crippen molar-refractivity contribution in [1.82, 2.24) is 9.88 Å². The third kappa shape index (κ3) is 4.10. The topological polar surface area (TPSA) is 76.3 Å². The molecule has 0 radical (unpaired) electrons. The number of hydrogen-bond acceptors (Lipinski definition) is 3. The number of carbonyl (C=O) groups excluding carboxylic acids is 2. The molecule has 2 amide bonds. The lowest BCUT2D eigenvalue weighted by atomic mass is 10.0. The molecule has 1 aliphatic carbocycles. The molecular weight excluding hydrogens is 429 g/mol. The van der Waals surface area contributed by atoms with E-state index in [4.69, 9.17) is 17.3 Å². The number of hydrogen-bond donors (Lipinski definition) is 1. The number of fused-ring (bicyclic) bond motifs is 1. The molecule has 0 spiro atoms. The summed E-state index contributed by atoms with van der Waals surface area (Å²) >= 11 is 6.15. The minimum atomic E-state index is -0.567. The second kappa shape index (κ2) is 8.71. The zero-order valence-corrected chi connectivity index (χ0v) is 18.6. The van der Waals surface area contributed by atoms with Crippen LogP contribution in [0, 0.1) is 19.7 Å². The van der Waals surface area contributed by atoms with E-state index in [1.165, 1.54) is 6.07 Å². The summed E-state index contributed by atoms with van der Waals surface area (Å²) in [6, 6.07) is 11.4. The molecule has 2 aromatic carbocycles. The van der Waals surface area contributed by atoms with Gasteiger partial charge in [0.15, 0.2) is 0 Å². The number of benzene rings is 2. The second-order valence-corrected chi connectivity index (χ2v) is 8.55. The van der Waals surface area contributed by atoms with Crippen molar-refractivity contribution in [2.24, 2.45) is 5.73 Å². The molecule has 5 nitrogen and oxygen atoms in total. The molecule has 0 saturated heterocycles. The van der Waals surface area contributed by atoms with Crippen LogP contribution in [0.3, 0.4) is 0 Å². The Balaban J connectivity index is 1.83. The van der Waals surface area contributed by atoms with Crippen LogP contribution >= 0.6 is 11.6 Å². The van der Waals surface area contributed by atoms with E-state index < -0.39 is 11.9 Å². The van der Waals surface area contributed by atoms with Crippen LogP contribution in [0.5, 0.6) is 0 Å². The molecule has 1 aliphatic rings. The first-order valence-electron chi connectivity index (χ1n) is 10.4. The third-order valence-corrected chi connectivity index (χ3v) is 6.15. The molecule has 0 fully saturated rings. The number of amides is 2. The molecule has 0 saturated carbocycles. The third-order valence-electron chi connectivity index (χ3n) is 5.94. The Morgan fingerprint density at radius 1 is 1.19 bits per heavy atom. The highest BCUT2D eigenvalue weighted by Gasteiger charge is 2.34. The zero-order valence-electron chi connectivity index (χ0n) is 17.9. The molecule has 0 unspecified atom stereocenters. The number of aromatic nitrogens is 1. The van der Waals surface area contributed by atoms with E-state index in [0.717, 1.165) is 5.56 Å². The molecular formula is C25H23ClFN3O2. The standard InChI is InChI=1S/C25H23ClFN3O2/c1-14-9-20(15(2)29-12-14)25(32)30(13-16-5-3-4-6-18(16)24(28)31)23-8-7-19-21(23)10-17(26)11-22(19)27/h3-6,9-12,23H,7-8,13H2,1-2H3,(H2,28,31)/t23-/m1/s1. The van der Waals surface area contributed by atoms with Crippen molar-refractivity contribution in [2.75, 3.05) is 0 Å². The van der Waals surface area contributed by atoms with Crippen LogP contribution in [0.15, 0.2) is 48.7 Å². The summed E-state index contributed by atoms with van der Waals surface area (Å²) in [6.07, 6.45) is 2.75. The quantitative estimate of drug-likeness (QED) is 0.598. The van der Waals surface area contributed by atoms with Crippen molar-refractivity contribution in [3.8, 4) is 0 Å². The predicted octanol–water partition coefficient (Wildman–Crippen LogP) is 4.92. The Kier molecular flexibility index (Phi) is 5.98. The first-order chi connectivity index (χ1) is 15.3. The minimum absolute atomic E-state index is 0.142. The first kappa shape index (κ1) is 22.0. The van der Waals surface area contributed by atoms with E-state index in [1.54, 1.807) is 54.4 Å². The number of rotatable bonds is 5. The van der Waals surface area contributed by atoms with Crippen LogP contribution in [0.2, 0.25) is 5.02 Å². The smallest absolute Gasteiger partial charge is 0.256 e. The number of halogens is 2. The molecule has 2 N–H and O–H groups in total. The second-order valence-electron chi connectivity index (χ2n) is 8.11. The maximum absolute atomic E-state index is 14.6. The molecule has 1 aromatic heterocycles. The van der Waals surface area contributed by atoms with Gasteiger partial charge in [-0.05, 0) is 73.2 Å². The van der Waals surface area contributed by atoms with Gasteiger partial charge in [0.2, 0.25) is 5.91 Å². The number of primary amides is 1. The van der Waals surface area contributed by atoms with Crippen LogP contribution in [-0.2, 0) is 13.0 Å². The van der Waals surface area contributed by atoms with Crippen molar-refractivity contribution in [3.63, 3.8) is 0 Å². The van der Waals surface area contributed by atoms with E-state index in [-0.39, 0.29) is 23.3 Å². The molecule has 3 aromatic rings. The Morgan fingerprint density at radius 3 is 2.69 bits per heavy atom. The minimum Gasteiger partial charge on any atom is -0.366 e. The number of pyridine rings is 1. The molecule has 0 aliphatic heterocycles. The lowest BCUT2D eigenvalue weighted by Crippen LogP contribution is -2.35. The monoisotopic (exact) mass is 451 g/mol. The Labute approximate surface area is 191 Å². The molecule has 1 atom stereocenters. The van der Waals surface area contributed by atoms with E-state index in [9.17, 15) is 14.0 Å². The van der Waals surface area contributed by atoms with Gasteiger partial charge in [0.25, 0.3) is 5.91 Å². The van der Waals surface area contributed by atoms with Crippen LogP contribution in [0.25, 0.3) is 0 Å². The summed E-state index contributed by atoms with van der Waals surface area (Å²) in [4.78, 5) is 31.8. The first-order valence-corrected chi connectivity index (χ1v) is 10.7. The summed E-state index contributed by atoms with van der Waals surface area (Å²) in [5.74, 6) is -1.17. The lowest BCUT2D eigenvalue weighted by molar-refractivity contribution is 0.0655. The summed E-state index contributed by atoms with van der Waals surface area (Å²) in [7, 11) is 0. The number of nitrogens with zero attached hydrogens (tertiary/aromatic N) is 2. The fourth-order valence-electron chi connectivity index (χ4n) is 4.36. The van der Waals surface area contributed by atoms with Gasteiger partial charge in [-0.25, -0.2) is 4.39 Å². The van der Waals surface area contributed by atoms with Crippen molar-refractivity contribution in [2.45, 2.75) is 39.3 Å². The molecule has 1 heterocycles. The summed E-state index contributed by atoms with van der Waals surface area (Å²) in [6.45, 7) is 3.79. The SMILES string of the molecule is Cc1cnc(C)c(C(=O)N(Cc2ccccc2C(N)=O)[C@@H]2CCc3c(F)cc(Cl)cc32)c1. The molecule has 32 heavy (non-hydrogen) atoms. The normalized spacial score (nSPS) is 14.8. The molecule has 164 valence electrons. The van der Waals surface area contributed by atoms with Gasteiger partial charge in [0.05, 0.1) is 11.6 Å². The number of nitrogens with two attached hydrogens (primary N) is 1. The van der Waals surface area contributed by atoms with E-state index in [0.29, 0.717) is 46.4 Å². The zero-order chi connectivity index (χ0) is 23.0. The van der Waals surface area contributed by atoms with Gasteiger partial charge in [-0.3, -0.25) is 14.6 Å². The Bertz CT molecular complexity index is 1230. The predicted molar refractivity (Wildman–Crippen MR) is 121 cm³/mol. The Hall–Kier alpha value is -3.25. The van der Waals surface area contributed by atoms with Gasteiger partial charge in [-0.1, -0.05) is 29.8 Å². The van der Waals surface area contributed by atoms with Crippen LogP contribution in [0.1, 0.15) is 61.1 Å². The average Bonchev–Trinajstić information content (AvgIpc) is 3.17. The lowest BCUT2D eigenvalue weighted by Gasteiger charge is -2.31. The van der Waals surface area contributed by atoms with Gasteiger partial charge >= 0.3 is 0 Å². The fourth-order valence-corrected chi connectivity index (χ4v) is 4.57. The van der Waals surface area contributed by atoms with Gasteiger partial charge in [0.1, 0.15) is 5.82 Å². The highest BCUT2D eigenvalue weighted by atomic mass is 35.5. The molecule has 4 rings (SSSR count). The van der Waals surface area contributed by atoms with Gasteiger partial charge in [0, 0.05) is 29.0 Å². The summed E-state index contributed by atoms with van der Waals surface area (Å²) in [5, 5.41) is 0.284. The largest absolute Gasteiger partial charge is 0.366 e. The van der Waals surface area contributed by atoms with E-state index >= 15 is 0 Å². The van der Waals surface area contributed by atoms with Crippen molar-refractivity contribution in [1.29, 1.82) is 0 Å². The highest BCUT2D eigenvalue weighted by Crippen LogP contribution is 2.40. The van der Waals surface area contributed by atoms with Crippen molar-refractivity contribution < 1.29 is 14.0 Å². The fraction of sp³-hybridized carbons (Fsp3) is 0.240. The molecule has 0 bridgehead atoms. The molecule has 7 heteroatoms. The van der Waals surface area contributed by atoms with Crippen molar-refractivity contribution >= 4 is 23.4 Å². The van der Waals surface area contributed by atoms with E-state index in [1.807, 2.05) is 6.92 Å². The maximum Gasteiger partial charge on any atom is 0.256 e. The summed E-state index contributed by atoms with van der Waals surface area (Å²) in [5.41, 5.74) is 9.74. The number of aryl methyl sites for hydroxylation is 2. The van der Waals surface area contributed by atoms with Crippen molar-refractivity contribution in [3.05, 3.63) is 98.6 Å². The van der Waals surface area contributed by atoms with Crippen LogP contribution < -0.4 is 5.73 Å². The van der Waals surface area contributed by atoms with Crippen LogP contribution in [-0.4, -0.2) is 21.7 Å². The van der Waals surface area contributed by atoms with Gasteiger partial charge in [-0.15, -0.1) is 0 Å². The van der Waals surface area contributed by atoms with Gasteiger partial charge < -0.3 is 10.6 Å². The maximum atomic E-state index is 14.6. The summed E-state index contributed by atoms with van der Waals surface area (Å²) < 4.78 is 14.6. The Morgan fingerprint density at radius 2 is 1.94 bits per heavy atom. The van der Waals surface area contributed by atoms with Crippen LogP contribution in [0.4, 0.5) is 4.39 Å².